The Morgan fingerprint density at radius 1 is 1.35 bits per heavy atom. The molecule has 0 aliphatic carbocycles. The molecule has 17 heavy (non-hydrogen) atoms. The predicted octanol–water partition coefficient (Wildman–Crippen LogP) is 2.39. The van der Waals surface area contributed by atoms with Gasteiger partial charge < -0.3 is 14.8 Å². The molecule has 1 aliphatic heterocycles. The zero-order chi connectivity index (χ0) is 12.1. The summed E-state index contributed by atoms with van der Waals surface area (Å²) in [6, 6.07) is 6.84. The molecule has 1 fully saturated rings. The van der Waals surface area contributed by atoms with Crippen molar-refractivity contribution in [2.45, 2.75) is 32.2 Å². The predicted molar refractivity (Wildman–Crippen MR) is 68.9 cm³/mol. The molecule has 1 N–H and O–H groups in total. The number of hydrogen-bond donors (Lipinski definition) is 1. The van der Waals surface area contributed by atoms with E-state index in [-0.39, 0.29) is 0 Å². The van der Waals surface area contributed by atoms with Crippen molar-refractivity contribution >= 4 is 0 Å². The van der Waals surface area contributed by atoms with Gasteiger partial charge >= 0.3 is 0 Å². The molecule has 1 aromatic rings. The topological polar surface area (TPSA) is 30.5 Å². The van der Waals surface area contributed by atoms with E-state index in [1.807, 2.05) is 13.0 Å². The minimum Gasteiger partial charge on any atom is -0.493 e. The second-order valence-electron chi connectivity index (χ2n) is 4.42. The monoisotopic (exact) mass is 235 g/mol. The van der Waals surface area contributed by atoms with Crippen molar-refractivity contribution < 1.29 is 9.47 Å². The van der Waals surface area contributed by atoms with Gasteiger partial charge in [-0.2, -0.15) is 0 Å². The maximum Gasteiger partial charge on any atom is 0.161 e. The van der Waals surface area contributed by atoms with Crippen molar-refractivity contribution in [3.8, 4) is 11.5 Å². The molecule has 1 aliphatic rings. The Hall–Kier alpha value is -1.22. The van der Waals surface area contributed by atoms with Crippen LogP contribution in [0.5, 0.6) is 11.5 Å². The molecule has 3 nitrogen and oxygen atoms in total. The molecule has 2 rings (SSSR count). The maximum atomic E-state index is 5.59. The normalized spacial score (nSPS) is 19.3. The van der Waals surface area contributed by atoms with Crippen molar-refractivity contribution in [1.29, 1.82) is 0 Å². The van der Waals surface area contributed by atoms with Crippen LogP contribution in [0.15, 0.2) is 18.2 Å². The number of methoxy groups -OCH3 is 1. The van der Waals surface area contributed by atoms with Gasteiger partial charge in [0.25, 0.3) is 0 Å². The Morgan fingerprint density at radius 2 is 2.24 bits per heavy atom. The Bertz CT molecular complexity index is 359. The summed E-state index contributed by atoms with van der Waals surface area (Å²) in [5, 5.41) is 3.51. The summed E-state index contributed by atoms with van der Waals surface area (Å²) in [4.78, 5) is 0. The van der Waals surface area contributed by atoms with E-state index in [2.05, 4.69) is 17.4 Å². The first-order valence-electron chi connectivity index (χ1n) is 6.36. The minimum absolute atomic E-state index is 0.623. The standard InChI is InChI=1S/C14H21NO2/c1-3-17-14-10-11(6-7-13(14)16-2)9-12-5-4-8-15-12/h6-7,10,12,15H,3-5,8-9H2,1-2H3. The molecule has 1 saturated heterocycles. The van der Waals surface area contributed by atoms with Crippen LogP contribution in [0.1, 0.15) is 25.3 Å². The first-order chi connectivity index (χ1) is 8.33. The minimum atomic E-state index is 0.623. The molecule has 0 radical (unpaired) electrons. The van der Waals surface area contributed by atoms with Gasteiger partial charge in [-0.25, -0.2) is 0 Å². The molecule has 1 heterocycles. The fourth-order valence-corrected chi connectivity index (χ4v) is 2.33. The third-order valence-electron chi connectivity index (χ3n) is 3.17. The van der Waals surface area contributed by atoms with Crippen LogP contribution in [0.3, 0.4) is 0 Å². The average Bonchev–Trinajstić information content (AvgIpc) is 2.83. The van der Waals surface area contributed by atoms with Crippen molar-refractivity contribution in [1.82, 2.24) is 5.32 Å². The molecule has 94 valence electrons. The maximum absolute atomic E-state index is 5.59. The molecule has 0 spiro atoms. The van der Waals surface area contributed by atoms with Gasteiger partial charge in [0, 0.05) is 6.04 Å². The van der Waals surface area contributed by atoms with Crippen molar-refractivity contribution in [2.75, 3.05) is 20.3 Å². The van der Waals surface area contributed by atoms with E-state index < -0.39 is 0 Å². The smallest absolute Gasteiger partial charge is 0.161 e. The molecular formula is C14H21NO2. The average molecular weight is 235 g/mol. The van der Waals surface area contributed by atoms with Crippen LogP contribution in [0.25, 0.3) is 0 Å². The Kier molecular flexibility index (Phi) is 4.26. The highest BCUT2D eigenvalue weighted by molar-refractivity contribution is 5.43. The van der Waals surface area contributed by atoms with E-state index in [1.165, 1.54) is 18.4 Å². The summed E-state index contributed by atoms with van der Waals surface area (Å²) in [6.45, 7) is 3.81. The highest BCUT2D eigenvalue weighted by atomic mass is 16.5. The summed E-state index contributed by atoms with van der Waals surface area (Å²) in [5.41, 5.74) is 1.31. The summed E-state index contributed by atoms with van der Waals surface area (Å²) >= 11 is 0. The van der Waals surface area contributed by atoms with Crippen molar-refractivity contribution in [3.05, 3.63) is 23.8 Å². The molecule has 0 amide bonds. The van der Waals surface area contributed by atoms with Crippen LogP contribution in [0.4, 0.5) is 0 Å². The Labute approximate surface area is 103 Å². The van der Waals surface area contributed by atoms with Crippen molar-refractivity contribution in [3.63, 3.8) is 0 Å². The first kappa shape index (κ1) is 12.2. The number of hydrogen-bond acceptors (Lipinski definition) is 3. The lowest BCUT2D eigenvalue weighted by Crippen LogP contribution is -2.23. The first-order valence-corrected chi connectivity index (χ1v) is 6.36. The molecule has 0 bridgehead atoms. The lowest BCUT2D eigenvalue weighted by Gasteiger charge is -2.13. The molecular weight excluding hydrogens is 214 g/mol. The lowest BCUT2D eigenvalue weighted by molar-refractivity contribution is 0.310. The highest BCUT2D eigenvalue weighted by Crippen LogP contribution is 2.29. The fraction of sp³-hybridized carbons (Fsp3) is 0.571. The SMILES string of the molecule is CCOc1cc(CC2CCCN2)ccc1OC. The van der Waals surface area contributed by atoms with Crippen LogP contribution in [0, 0.1) is 0 Å². The van der Waals surface area contributed by atoms with E-state index in [0.29, 0.717) is 12.6 Å². The van der Waals surface area contributed by atoms with E-state index >= 15 is 0 Å². The van der Waals surface area contributed by atoms with Gasteiger partial charge in [0.15, 0.2) is 11.5 Å². The van der Waals surface area contributed by atoms with Crippen LogP contribution in [0.2, 0.25) is 0 Å². The van der Waals surface area contributed by atoms with E-state index in [0.717, 1.165) is 24.5 Å². The molecule has 3 heteroatoms. The van der Waals surface area contributed by atoms with Crippen molar-refractivity contribution in [2.24, 2.45) is 0 Å². The molecule has 0 aromatic heterocycles. The number of nitrogens with one attached hydrogen (secondary N) is 1. The Morgan fingerprint density at radius 3 is 2.88 bits per heavy atom. The van der Waals surface area contributed by atoms with Gasteiger partial charge in [-0.3, -0.25) is 0 Å². The lowest BCUT2D eigenvalue weighted by atomic mass is 10.0. The van der Waals surface area contributed by atoms with Gasteiger partial charge in [0.2, 0.25) is 0 Å². The van der Waals surface area contributed by atoms with Gasteiger partial charge in [-0.05, 0) is 50.4 Å². The van der Waals surface area contributed by atoms with E-state index in [4.69, 9.17) is 9.47 Å². The third kappa shape index (κ3) is 3.13. The van der Waals surface area contributed by atoms with Gasteiger partial charge in [-0.15, -0.1) is 0 Å². The summed E-state index contributed by atoms with van der Waals surface area (Å²) in [7, 11) is 1.68. The largest absolute Gasteiger partial charge is 0.493 e. The Balaban J connectivity index is 2.08. The second-order valence-corrected chi connectivity index (χ2v) is 4.42. The van der Waals surface area contributed by atoms with E-state index in [9.17, 15) is 0 Å². The number of benzene rings is 1. The van der Waals surface area contributed by atoms with Gasteiger partial charge in [0.1, 0.15) is 0 Å². The van der Waals surface area contributed by atoms with Crippen LogP contribution < -0.4 is 14.8 Å². The molecule has 1 atom stereocenters. The second kappa shape index (κ2) is 5.92. The van der Waals surface area contributed by atoms with Crippen LogP contribution in [-0.2, 0) is 6.42 Å². The zero-order valence-electron chi connectivity index (χ0n) is 10.7. The van der Waals surface area contributed by atoms with Crippen LogP contribution in [-0.4, -0.2) is 26.3 Å². The van der Waals surface area contributed by atoms with E-state index in [1.54, 1.807) is 7.11 Å². The van der Waals surface area contributed by atoms with Crippen LogP contribution >= 0.6 is 0 Å². The number of rotatable bonds is 5. The fourth-order valence-electron chi connectivity index (χ4n) is 2.33. The van der Waals surface area contributed by atoms with Gasteiger partial charge in [0.05, 0.1) is 13.7 Å². The highest BCUT2D eigenvalue weighted by Gasteiger charge is 2.15. The summed E-state index contributed by atoms with van der Waals surface area (Å²) in [5.74, 6) is 1.67. The van der Waals surface area contributed by atoms with Gasteiger partial charge in [-0.1, -0.05) is 6.07 Å². The summed E-state index contributed by atoms with van der Waals surface area (Å²) < 4.78 is 10.9. The summed E-state index contributed by atoms with van der Waals surface area (Å²) in [6.07, 6.45) is 3.64. The third-order valence-corrected chi connectivity index (χ3v) is 3.17. The zero-order valence-corrected chi connectivity index (χ0v) is 10.7. The molecule has 1 unspecified atom stereocenters. The molecule has 1 aromatic carbocycles. The quantitative estimate of drug-likeness (QED) is 0.850. The molecule has 0 saturated carbocycles. The number of ether oxygens (including phenoxy) is 2.